The molecule has 5 aliphatic rings. The fourth-order valence-corrected chi connectivity index (χ4v) is 7.49. The van der Waals surface area contributed by atoms with Gasteiger partial charge in [0.05, 0.1) is 34.8 Å². The number of hydrogen-bond donors (Lipinski definition) is 1. The van der Waals surface area contributed by atoms with E-state index in [1.54, 1.807) is 4.90 Å². The van der Waals surface area contributed by atoms with Crippen molar-refractivity contribution in [2.45, 2.75) is 56.7 Å². The number of imidazole rings is 1. The van der Waals surface area contributed by atoms with Crippen molar-refractivity contribution in [2.75, 3.05) is 56.3 Å². The van der Waals surface area contributed by atoms with E-state index in [9.17, 15) is 9.18 Å². The number of alkyl halides is 1. The summed E-state index contributed by atoms with van der Waals surface area (Å²) in [7, 11) is 3.95. The maximum atomic E-state index is 13.3. The van der Waals surface area contributed by atoms with Crippen LogP contribution in [0.1, 0.15) is 49.5 Å². The van der Waals surface area contributed by atoms with Gasteiger partial charge in [0, 0.05) is 64.7 Å². The Morgan fingerprint density at radius 3 is 2.66 bits per heavy atom. The van der Waals surface area contributed by atoms with Crippen molar-refractivity contribution in [3.63, 3.8) is 0 Å². The summed E-state index contributed by atoms with van der Waals surface area (Å²) in [6, 6.07) is 6.59. The maximum absolute atomic E-state index is 13.3. The van der Waals surface area contributed by atoms with Gasteiger partial charge in [0.1, 0.15) is 12.5 Å². The Bertz CT molecular complexity index is 1430. The number of methoxy groups -OCH3 is 1. The Kier molecular flexibility index (Phi) is 7.06. The molecule has 41 heavy (non-hydrogen) atoms. The summed E-state index contributed by atoms with van der Waals surface area (Å²) in [5.74, 6) is 1.76. The number of benzene rings is 1. The molecule has 4 atom stereocenters. The Morgan fingerprint density at radius 2 is 1.93 bits per heavy atom. The highest BCUT2D eigenvalue weighted by atomic mass is 19.1. The van der Waals surface area contributed by atoms with E-state index in [-0.39, 0.29) is 30.3 Å². The second kappa shape index (κ2) is 10.7. The molecular weight excluding hydrogens is 519 g/mol. The number of ether oxygens (including phenoxy) is 1. The summed E-state index contributed by atoms with van der Waals surface area (Å²) in [5.41, 5.74) is 9.89. The van der Waals surface area contributed by atoms with Crippen molar-refractivity contribution >= 4 is 29.4 Å². The Morgan fingerprint density at radius 1 is 1.12 bits per heavy atom. The van der Waals surface area contributed by atoms with Gasteiger partial charge in [-0.15, -0.1) is 0 Å². The molecule has 4 heterocycles. The van der Waals surface area contributed by atoms with Crippen LogP contribution in [0.5, 0.6) is 0 Å². The number of nitrogens with two attached hydrogens (primary N) is 1. The molecule has 3 unspecified atom stereocenters. The molecule has 1 amide bonds. The molecule has 8 nitrogen and oxygen atoms in total. The summed E-state index contributed by atoms with van der Waals surface area (Å²) in [4.78, 5) is 25.4. The third kappa shape index (κ3) is 4.95. The lowest BCUT2D eigenvalue weighted by Gasteiger charge is -2.37. The minimum Gasteiger partial charge on any atom is -0.381 e. The number of hydrogen-bond acceptors (Lipinski definition) is 6. The second-order valence-corrected chi connectivity index (χ2v) is 12.9. The zero-order valence-corrected chi connectivity index (χ0v) is 24.3. The van der Waals surface area contributed by atoms with Crippen molar-refractivity contribution in [2.24, 2.45) is 30.5 Å². The Labute approximate surface area is 241 Å². The number of halogens is 1. The topological polar surface area (TPSA) is 79.9 Å². The smallest absolute Gasteiger partial charge is 0.230 e. The molecule has 1 saturated carbocycles. The normalized spacial score (nSPS) is 26.8. The van der Waals surface area contributed by atoms with Crippen LogP contribution in [0.15, 0.2) is 18.2 Å². The summed E-state index contributed by atoms with van der Waals surface area (Å²) in [6.45, 7) is 3.40. The van der Waals surface area contributed by atoms with Gasteiger partial charge in [0.25, 0.3) is 0 Å². The van der Waals surface area contributed by atoms with E-state index in [1.807, 2.05) is 7.11 Å². The first-order valence-corrected chi connectivity index (χ1v) is 15.5. The minimum absolute atomic E-state index is 0.0462. The zero-order valence-electron chi connectivity index (χ0n) is 24.3. The van der Waals surface area contributed by atoms with Crippen molar-refractivity contribution in [3.8, 4) is 0 Å². The number of piperidine rings is 2. The number of amides is 1. The fraction of sp³-hybridized carbons (Fsp3) is 0.625. The second-order valence-electron chi connectivity index (χ2n) is 12.9. The number of rotatable bonds is 8. The quantitative estimate of drug-likeness (QED) is 0.530. The molecule has 1 aromatic carbocycles. The van der Waals surface area contributed by atoms with Crippen molar-refractivity contribution in [1.82, 2.24) is 14.5 Å². The summed E-state index contributed by atoms with van der Waals surface area (Å²) < 4.78 is 20.9. The van der Waals surface area contributed by atoms with Crippen molar-refractivity contribution in [3.05, 3.63) is 40.3 Å². The first-order valence-electron chi connectivity index (χ1n) is 15.5. The van der Waals surface area contributed by atoms with Gasteiger partial charge in [-0.3, -0.25) is 4.79 Å². The SMILES string of the molecule is COC1CCN(c2ccc3c(c2)N(CC2CC2)C(c2nc4c(n2C)=CC2CCN(C[C@H](N)CF)C(=O)C2C=4)C3)CC1. The van der Waals surface area contributed by atoms with Gasteiger partial charge >= 0.3 is 0 Å². The van der Waals surface area contributed by atoms with Crippen LogP contribution in [0.25, 0.3) is 12.2 Å². The van der Waals surface area contributed by atoms with Crippen LogP contribution in [0, 0.1) is 17.8 Å². The van der Waals surface area contributed by atoms with Crippen LogP contribution in [0.4, 0.5) is 15.8 Å². The van der Waals surface area contributed by atoms with Crippen LogP contribution in [0.3, 0.4) is 0 Å². The predicted octanol–water partition coefficient (Wildman–Crippen LogP) is 1.89. The molecule has 2 aliphatic carbocycles. The van der Waals surface area contributed by atoms with E-state index in [1.165, 1.54) is 29.8 Å². The molecule has 0 spiro atoms. The average molecular weight is 563 g/mol. The van der Waals surface area contributed by atoms with E-state index < -0.39 is 12.7 Å². The third-order valence-corrected chi connectivity index (χ3v) is 10.1. The number of anilines is 2. The first kappa shape index (κ1) is 27.0. The van der Waals surface area contributed by atoms with Gasteiger partial charge in [-0.05, 0) is 67.7 Å². The van der Waals surface area contributed by atoms with Crippen LogP contribution in [-0.4, -0.2) is 79.0 Å². The highest BCUT2D eigenvalue weighted by molar-refractivity contribution is 5.87. The van der Waals surface area contributed by atoms with E-state index in [2.05, 4.69) is 51.8 Å². The monoisotopic (exact) mass is 562 g/mol. The summed E-state index contributed by atoms with van der Waals surface area (Å²) in [5, 5.41) is 2.02. The van der Waals surface area contributed by atoms with Crippen LogP contribution >= 0.6 is 0 Å². The van der Waals surface area contributed by atoms with E-state index in [0.717, 1.165) is 67.8 Å². The highest BCUT2D eigenvalue weighted by Gasteiger charge is 2.40. The van der Waals surface area contributed by atoms with E-state index in [0.29, 0.717) is 12.6 Å². The van der Waals surface area contributed by atoms with E-state index >= 15 is 0 Å². The number of carbonyl (C=O) groups is 1. The lowest BCUT2D eigenvalue weighted by molar-refractivity contribution is -0.137. The molecular formula is C32H43FN6O2. The number of fused-ring (bicyclic) bond motifs is 3. The van der Waals surface area contributed by atoms with Gasteiger partial charge < -0.3 is 29.7 Å². The Balaban J connectivity index is 1.18. The first-order chi connectivity index (χ1) is 19.9. The highest BCUT2D eigenvalue weighted by Crippen LogP contribution is 2.44. The Hall–Kier alpha value is -2.91. The molecule has 3 fully saturated rings. The molecule has 2 aromatic rings. The van der Waals surface area contributed by atoms with Crippen molar-refractivity contribution < 1.29 is 13.9 Å². The molecule has 7 rings (SSSR count). The molecule has 3 aliphatic heterocycles. The standard InChI is InChI=1S/C32H43FN6O2/c1-36-29-13-21-7-10-38(19-23(34)17-33)32(40)26(21)16-27(29)35-31(36)30-14-22-5-6-24(37-11-8-25(41-2)9-12-37)15-28(22)39(30)18-20-3-4-20/h5-6,13,15-16,20-21,23,25-26,30H,3-4,7-12,14,17-19,34H2,1-2H3/t21?,23-,26?,30?/m1/s1. The zero-order chi connectivity index (χ0) is 28.2. The fourth-order valence-electron chi connectivity index (χ4n) is 7.49. The third-order valence-electron chi connectivity index (χ3n) is 10.1. The minimum atomic E-state index is -0.626. The summed E-state index contributed by atoms with van der Waals surface area (Å²) in [6.07, 6.45) is 11.2. The van der Waals surface area contributed by atoms with Gasteiger partial charge in [0.15, 0.2) is 0 Å². The molecule has 2 N–H and O–H groups in total. The van der Waals surface area contributed by atoms with Gasteiger partial charge in [0.2, 0.25) is 5.91 Å². The molecule has 0 bridgehead atoms. The molecule has 0 radical (unpaired) electrons. The van der Waals surface area contributed by atoms with Crippen LogP contribution < -0.4 is 26.2 Å². The lowest BCUT2D eigenvalue weighted by Crippen LogP contribution is -2.51. The van der Waals surface area contributed by atoms with Gasteiger partial charge in [-0.2, -0.15) is 0 Å². The number of carbonyl (C=O) groups excluding carboxylic acids is 1. The average Bonchev–Trinajstić information content (AvgIpc) is 3.68. The molecule has 9 heteroatoms. The molecule has 220 valence electrons. The maximum Gasteiger partial charge on any atom is 0.230 e. The van der Waals surface area contributed by atoms with E-state index in [4.69, 9.17) is 15.5 Å². The molecule has 2 saturated heterocycles. The molecule has 1 aromatic heterocycles. The van der Waals surface area contributed by atoms with Crippen LogP contribution in [-0.2, 0) is 23.0 Å². The largest absolute Gasteiger partial charge is 0.381 e. The predicted molar refractivity (Wildman–Crippen MR) is 159 cm³/mol. The lowest BCUT2D eigenvalue weighted by atomic mass is 9.82. The summed E-state index contributed by atoms with van der Waals surface area (Å²) >= 11 is 0. The van der Waals surface area contributed by atoms with Gasteiger partial charge in [-0.1, -0.05) is 12.1 Å². The number of nitrogens with zero attached hydrogens (tertiary/aromatic N) is 5. The number of likely N-dealkylation sites (tertiary alicyclic amines) is 1. The van der Waals surface area contributed by atoms with Crippen LogP contribution in [0.2, 0.25) is 0 Å². The van der Waals surface area contributed by atoms with Crippen molar-refractivity contribution in [1.29, 1.82) is 0 Å². The van der Waals surface area contributed by atoms with Gasteiger partial charge in [-0.25, -0.2) is 9.37 Å². The number of aromatic nitrogens is 2.